The molecule has 41 heavy (non-hydrogen) atoms. The number of carbonyl (C=O) groups is 3. The quantitative estimate of drug-likeness (QED) is 0.227. The molecular formula is C33H49N3O4S. The second kappa shape index (κ2) is 16.4. The van der Waals surface area contributed by atoms with Crippen molar-refractivity contribution in [2.24, 2.45) is 0 Å². The Hall–Kier alpha value is -3.00. The van der Waals surface area contributed by atoms with Gasteiger partial charge >= 0.3 is 6.09 Å². The molecule has 2 unspecified atom stereocenters. The summed E-state index contributed by atoms with van der Waals surface area (Å²) < 4.78 is 5.50. The Labute approximate surface area is 251 Å². The number of hydrogen-bond acceptors (Lipinski definition) is 5. The van der Waals surface area contributed by atoms with Crippen LogP contribution < -0.4 is 10.6 Å². The Balaban J connectivity index is 2.55. The van der Waals surface area contributed by atoms with Crippen molar-refractivity contribution in [1.29, 1.82) is 0 Å². The van der Waals surface area contributed by atoms with Crippen molar-refractivity contribution in [3.63, 3.8) is 0 Å². The molecule has 0 saturated carbocycles. The smallest absolute Gasteiger partial charge is 0.408 e. The number of unbranched alkanes of at least 4 members (excludes halogenated alkanes) is 3. The zero-order chi connectivity index (χ0) is 30.6. The first-order valence-corrected chi connectivity index (χ1v) is 16.0. The minimum Gasteiger partial charge on any atom is -0.444 e. The van der Waals surface area contributed by atoms with E-state index in [-0.39, 0.29) is 11.8 Å². The number of thioether (sulfide) groups is 1. The number of carbonyl (C=O) groups excluding carboxylic acids is 3. The lowest BCUT2D eigenvalue weighted by Gasteiger charge is -2.35. The van der Waals surface area contributed by atoms with E-state index in [0.717, 1.165) is 53.6 Å². The van der Waals surface area contributed by atoms with E-state index in [2.05, 4.69) is 17.6 Å². The molecule has 8 heteroatoms. The third kappa shape index (κ3) is 11.1. The topological polar surface area (TPSA) is 87.7 Å². The van der Waals surface area contributed by atoms with Gasteiger partial charge in [-0.2, -0.15) is 11.8 Å². The van der Waals surface area contributed by atoms with Gasteiger partial charge in [-0.25, -0.2) is 4.79 Å². The average Bonchev–Trinajstić information content (AvgIpc) is 2.90. The zero-order valence-corrected chi connectivity index (χ0v) is 27.0. The summed E-state index contributed by atoms with van der Waals surface area (Å²) in [6, 6.07) is 11.9. The Morgan fingerprint density at radius 3 is 2.15 bits per heavy atom. The molecule has 0 aliphatic rings. The van der Waals surface area contributed by atoms with Crippen LogP contribution in [0.4, 0.5) is 10.5 Å². The molecule has 2 atom stereocenters. The highest BCUT2D eigenvalue weighted by Gasteiger charge is 2.36. The molecule has 3 amide bonds. The van der Waals surface area contributed by atoms with Crippen LogP contribution in [0.5, 0.6) is 0 Å². The van der Waals surface area contributed by atoms with Crippen LogP contribution in [-0.2, 0) is 14.3 Å². The molecule has 7 nitrogen and oxygen atoms in total. The number of aryl methyl sites for hydroxylation is 3. The maximum atomic E-state index is 14.4. The number of ether oxygens (including phenoxy) is 1. The molecule has 2 aromatic carbocycles. The van der Waals surface area contributed by atoms with Crippen LogP contribution in [0, 0.1) is 20.8 Å². The number of nitrogens with one attached hydrogen (secondary N) is 2. The third-order valence-corrected chi connectivity index (χ3v) is 7.46. The van der Waals surface area contributed by atoms with Gasteiger partial charge in [-0.05, 0) is 83.1 Å². The molecule has 0 radical (unpaired) electrons. The number of anilines is 1. The molecule has 226 valence electrons. The molecule has 2 aromatic rings. The molecule has 0 fully saturated rings. The van der Waals surface area contributed by atoms with Crippen LogP contribution in [-0.4, -0.2) is 53.0 Å². The maximum Gasteiger partial charge on any atom is 0.408 e. The zero-order valence-electron chi connectivity index (χ0n) is 26.1. The van der Waals surface area contributed by atoms with E-state index in [4.69, 9.17) is 4.74 Å². The predicted molar refractivity (Wildman–Crippen MR) is 170 cm³/mol. The van der Waals surface area contributed by atoms with Crippen LogP contribution in [0.1, 0.15) is 88.1 Å². The van der Waals surface area contributed by atoms with Crippen LogP contribution in [0.25, 0.3) is 0 Å². The highest BCUT2D eigenvalue weighted by Crippen LogP contribution is 2.28. The standard InChI is InChI=1S/C33H49N3O4S/c1-9-10-11-12-21-36(31(38)27(20-22-41-8)34-32(39)40-33(5,6)7)29(26-18-16-23(2)17-19-26)30(37)35-28-24(3)14-13-15-25(28)4/h13-19,27,29H,9-12,20-22H2,1-8H3,(H,34,39)(H,35,37). The normalized spacial score (nSPS) is 12.8. The van der Waals surface area contributed by atoms with Crippen molar-refractivity contribution in [3.8, 4) is 0 Å². The van der Waals surface area contributed by atoms with E-state index >= 15 is 0 Å². The predicted octanol–water partition coefficient (Wildman–Crippen LogP) is 7.35. The van der Waals surface area contributed by atoms with Gasteiger partial charge in [0.2, 0.25) is 5.91 Å². The molecule has 0 spiro atoms. The van der Waals surface area contributed by atoms with Gasteiger partial charge < -0.3 is 20.3 Å². The van der Waals surface area contributed by atoms with Gasteiger partial charge in [-0.3, -0.25) is 9.59 Å². The van der Waals surface area contributed by atoms with Gasteiger partial charge in [-0.15, -0.1) is 0 Å². The first-order chi connectivity index (χ1) is 19.4. The van der Waals surface area contributed by atoms with E-state index in [1.807, 2.05) is 69.5 Å². The van der Waals surface area contributed by atoms with Gasteiger partial charge in [0, 0.05) is 12.2 Å². The average molecular weight is 584 g/mol. The summed E-state index contributed by atoms with van der Waals surface area (Å²) in [5, 5.41) is 5.95. The molecule has 0 aliphatic heterocycles. The first kappa shape index (κ1) is 34.2. The van der Waals surface area contributed by atoms with E-state index < -0.39 is 23.8 Å². The van der Waals surface area contributed by atoms with Crippen molar-refractivity contribution >= 4 is 35.4 Å². The van der Waals surface area contributed by atoms with E-state index in [0.29, 0.717) is 18.7 Å². The summed E-state index contributed by atoms with van der Waals surface area (Å²) >= 11 is 1.60. The van der Waals surface area contributed by atoms with Gasteiger partial charge in [-0.1, -0.05) is 74.2 Å². The lowest BCUT2D eigenvalue weighted by atomic mass is 9.99. The fraction of sp³-hybridized carbons (Fsp3) is 0.545. The SMILES string of the molecule is CCCCCCN(C(=O)C(CCSC)NC(=O)OC(C)(C)C)C(C(=O)Nc1c(C)cccc1C)c1ccc(C)cc1. The third-order valence-electron chi connectivity index (χ3n) is 6.82. The molecule has 0 saturated heterocycles. The summed E-state index contributed by atoms with van der Waals surface area (Å²) in [5.41, 5.74) is 3.74. The van der Waals surface area contributed by atoms with Crippen LogP contribution >= 0.6 is 11.8 Å². The Morgan fingerprint density at radius 2 is 1.59 bits per heavy atom. The number of amides is 3. The highest BCUT2D eigenvalue weighted by molar-refractivity contribution is 7.98. The number of nitrogens with zero attached hydrogens (tertiary/aromatic N) is 1. The van der Waals surface area contributed by atoms with E-state index in [1.54, 1.807) is 37.4 Å². The monoisotopic (exact) mass is 583 g/mol. The summed E-state index contributed by atoms with van der Waals surface area (Å²) in [7, 11) is 0. The van der Waals surface area contributed by atoms with Gasteiger partial charge in [0.05, 0.1) is 0 Å². The lowest BCUT2D eigenvalue weighted by molar-refractivity contribution is -0.141. The second-order valence-electron chi connectivity index (χ2n) is 11.6. The van der Waals surface area contributed by atoms with Crippen LogP contribution in [0.15, 0.2) is 42.5 Å². The lowest BCUT2D eigenvalue weighted by Crippen LogP contribution is -2.52. The Morgan fingerprint density at radius 1 is 0.951 bits per heavy atom. The van der Waals surface area contributed by atoms with Crippen molar-refractivity contribution in [3.05, 3.63) is 64.7 Å². The first-order valence-electron chi connectivity index (χ1n) is 14.6. The Bertz CT molecular complexity index is 1120. The van der Waals surface area contributed by atoms with Crippen molar-refractivity contribution < 1.29 is 19.1 Å². The largest absolute Gasteiger partial charge is 0.444 e. The van der Waals surface area contributed by atoms with Gasteiger partial charge in [0.15, 0.2) is 0 Å². The van der Waals surface area contributed by atoms with Crippen LogP contribution in [0.3, 0.4) is 0 Å². The number of alkyl carbamates (subject to hydrolysis) is 1. The second-order valence-corrected chi connectivity index (χ2v) is 12.6. The van der Waals surface area contributed by atoms with Crippen molar-refractivity contribution in [2.45, 2.75) is 98.3 Å². The number of rotatable bonds is 14. The highest BCUT2D eigenvalue weighted by atomic mass is 32.2. The van der Waals surface area contributed by atoms with Crippen molar-refractivity contribution in [1.82, 2.24) is 10.2 Å². The van der Waals surface area contributed by atoms with Crippen molar-refractivity contribution in [2.75, 3.05) is 23.9 Å². The molecule has 2 rings (SSSR count). The molecule has 0 bridgehead atoms. The molecule has 0 heterocycles. The number of benzene rings is 2. The van der Waals surface area contributed by atoms with Crippen LogP contribution in [0.2, 0.25) is 0 Å². The fourth-order valence-corrected chi connectivity index (χ4v) is 5.11. The molecule has 2 N–H and O–H groups in total. The molecule has 0 aliphatic carbocycles. The van der Waals surface area contributed by atoms with E-state index in [1.165, 1.54) is 0 Å². The van der Waals surface area contributed by atoms with Gasteiger partial charge in [0.25, 0.3) is 5.91 Å². The molecule has 0 aromatic heterocycles. The van der Waals surface area contributed by atoms with E-state index in [9.17, 15) is 14.4 Å². The number of hydrogen-bond donors (Lipinski definition) is 2. The summed E-state index contributed by atoms with van der Waals surface area (Å²) in [6.07, 6.45) is 5.52. The van der Waals surface area contributed by atoms with Gasteiger partial charge in [0.1, 0.15) is 17.7 Å². The Kier molecular flexibility index (Phi) is 13.7. The molecular weight excluding hydrogens is 534 g/mol. The summed E-state index contributed by atoms with van der Waals surface area (Å²) in [4.78, 5) is 43.0. The number of para-hydroxylation sites is 1. The summed E-state index contributed by atoms with van der Waals surface area (Å²) in [5.74, 6) is 0.0965. The summed E-state index contributed by atoms with van der Waals surface area (Å²) in [6.45, 7) is 13.8. The minimum absolute atomic E-state index is 0.282. The minimum atomic E-state index is -0.874. The maximum absolute atomic E-state index is 14.4. The fourth-order valence-electron chi connectivity index (χ4n) is 4.64.